The molecule has 16 heteroatoms. The highest BCUT2D eigenvalue weighted by Gasteiger charge is 2.42. The van der Waals surface area contributed by atoms with E-state index in [-0.39, 0.29) is 17.9 Å². The number of carbonyl (C=O) groups is 2. The fourth-order valence-corrected chi connectivity index (χ4v) is 5.82. The molecule has 2 amide bonds. The number of amides is 2. The predicted molar refractivity (Wildman–Crippen MR) is 180 cm³/mol. The minimum atomic E-state index is -4.92. The van der Waals surface area contributed by atoms with Crippen LogP contribution in [0.25, 0.3) is 0 Å². The lowest BCUT2D eigenvalue weighted by Crippen LogP contribution is -2.45. The molecule has 0 fully saturated rings. The molecular weight excluding hydrogens is 689 g/mol. The van der Waals surface area contributed by atoms with E-state index in [0.29, 0.717) is 33.1 Å². The van der Waals surface area contributed by atoms with E-state index in [9.17, 15) is 31.2 Å². The maximum Gasteiger partial charge on any atom is 0.573 e. The van der Waals surface area contributed by atoms with E-state index >= 15 is 0 Å². The zero-order valence-corrected chi connectivity index (χ0v) is 29.3. The van der Waals surface area contributed by atoms with Crippen molar-refractivity contribution < 1.29 is 45.5 Å². The highest BCUT2D eigenvalue weighted by molar-refractivity contribution is 7.89. The van der Waals surface area contributed by atoms with Crippen molar-refractivity contribution in [2.24, 2.45) is 5.16 Å². The quantitative estimate of drug-likeness (QED) is 0.173. The van der Waals surface area contributed by atoms with Gasteiger partial charge in [0.1, 0.15) is 17.5 Å². The van der Waals surface area contributed by atoms with E-state index in [1.807, 2.05) is 18.6 Å². The predicted octanol–water partition coefficient (Wildman–Crippen LogP) is 6.32. The van der Waals surface area contributed by atoms with Gasteiger partial charge >= 0.3 is 6.36 Å². The minimum Gasteiger partial charge on any atom is -0.497 e. The van der Waals surface area contributed by atoms with E-state index < -0.39 is 51.0 Å². The van der Waals surface area contributed by atoms with Gasteiger partial charge in [-0.05, 0) is 62.2 Å². The van der Waals surface area contributed by atoms with Crippen LogP contribution in [0.15, 0.2) is 65.8 Å². The van der Waals surface area contributed by atoms with Gasteiger partial charge in [0.05, 0.1) is 24.8 Å². The number of benzene rings is 3. The molecule has 0 aromatic heterocycles. The number of nitrogens with zero attached hydrogens (tertiary/aromatic N) is 2. The van der Waals surface area contributed by atoms with E-state index in [0.717, 1.165) is 6.26 Å². The van der Waals surface area contributed by atoms with Gasteiger partial charge in [-0.25, -0.2) is 13.1 Å². The van der Waals surface area contributed by atoms with E-state index in [1.54, 1.807) is 49.4 Å². The number of halogens is 4. The zero-order valence-electron chi connectivity index (χ0n) is 27.7. The van der Waals surface area contributed by atoms with Crippen molar-refractivity contribution in [3.63, 3.8) is 0 Å². The monoisotopic (exact) mass is 724 g/mol. The van der Waals surface area contributed by atoms with Crippen LogP contribution in [0.5, 0.6) is 11.5 Å². The average molecular weight is 725 g/mol. The number of nitrogens with one attached hydrogen (secondary N) is 2. The topological polar surface area (TPSA) is 136 Å². The number of rotatable bonds is 11. The Morgan fingerprint density at radius 1 is 1.02 bits per heavy atom. The number of methoxy groups -OCH3 is 1. The van der Waals surface area contributed by atoms with Crippen molar-refractivity contribution in [1.82, 2.24) is 4.72 Å². The molecule has 1 unspecified atom stereocenters. The molecule has 3 aromatic rings. The molecule has 4 rings (SSSR count). The summed E-state index contributed by atoms with van der Waals surface area (Å²) in [7, 11) is -2.40. The van der Waals surface area contributed by atoms with Crippen LogP contribution in [-0.4, -0.2) is 57.8 Å². The van der Waals surface area contributed by atoms with Crippen LogP contribution in [0.3, 0.4) is 0 Å². The first-order valence-electron chi connectivity index (χ1n) is 14.8. The molecule has 3 aromatic carbocycles. The second-order valence-electron chi connectivity index (χ2n) is 12.6. The van der Waals surface area contributed by atoms with Gasteiger partial charge in [0.15, 0.2) is 0 Å². The lowest BCUT2D eigenvalue weighted by atomic mass is 9.87. The van der Waals surface area contributed by atoms with Gasteiger partial charge in [-0.1, -0.05) is 48.8 Å². The van der Waals surface area contributed by atoms with Crippen molar-refractivity contribution >= 4 is 50.5 Å². The van der Waals surface area contributed by atoms with Crippen LogP contribution in [-0.2, 0) is 29.9 Å². The molecule has 1 aliphatic rings. The molecule has 0 radical (unpaired) electrons. The van der Waals surface area contributed by atoms with Crippen molar-refractivity contribution in [1.29, 1.82) is 0 Å². The van der Waals surface area contributed by atoms with Crippen LogP contribution in [0.2, 0.25) is 5.02 Å². The molecular formula is C33H36ClF3N4O7S. The highest BCUT2D eigenvalue weighted by Crippen LogP contribution is 2.44. The Hall–Kier alpha value is -4.50. The number of carbonyl (C=O) groups excluding carboxylic acids is 2. The number of ether oxygens (including phenoxy) is 2. The second-order valence-corrected chi connectivity index (χ2v) is 14.8. The molecule has 1 heterocycles. The largest absolute Gasteiger partial charge is 0.573 e. The molecule has 0 saturated heterocycles. The zero-order chi connectivity index (χ0) is 36.5. The molecule has 0 aliphatic carbocycles. The number of alkyl halides is 3. The first kappa shape index (κ1) is 37.3. The molecule has 2 N–H and O–H groups in total. The molecule has 49 heavy (non-hydrogen) atoms. The first-order chi connectivity index (χ1) is 22.6. The number of fused-ring (bicyclic) bond motifs is 1. The summed E-state index contributed by atoms with van der Waals surface area (Å²) in [6.45, 7) is 8.24. The van der Waals surface area contributed by atoms with Gasteiger partial charge in [-0.2, -0.15) is 0 Å². The molecule has 1 aliphatic heterocycles. The number of oxime groups is 1. The van der Waals surface area contributed by atoms with Crippen molar-refractivity contribution in [3.8, 4) is 11.5 Å². The van der Waals surface area contributed by atoms with Crippen LogP contribution < -0.4 is 24.4 Å². The average Bonchev–Trinajstić information content (AvgIpc) is 3.26. The first-order valence-corrected chi connectivity index (χ1v) is 17.0. The van der Waals surface area contributed by atoms with Crippen LogP contribution in [0, 0.1) is 0 Å². The summed E-state index contributed by atoms with van der Waals surface area (Å²) in [5, 5.41) is 7.72. The summed E-state index contributed by atoms with van der Waals surface area (Å²) in [5.74, 6) is -1.47. The Labute approximate surface area is 287 Å². The van der Waals surface area contributed by atoms with Gasteiger partial charge in [0, 0.05) is 40.4 Å². The number of anilines is 2. The fourth-order valence-electron chi connectivity index (χ4n) is 5.11. The van der Waals surface area contributed by atoms with Crippen LogP contribution >= 0.6 is 11.6 Å². The summed E-state index contributed by atoms with van der Waals surface area (Å²) in [4.78, 5) is 33.7. The molecule has 264 valence electrons. The molecule has 0 saturated carbocycles. The Bertz CT molecular complexity index is 1880. The summed E-state index contributed by atoms with van der Waals surface area (Å²) >= 11 is 6.15. The second kappa shape index (κ2) is 13.8. The van der Waals surface area contributed by atoms with Crippen molar-refractivity contribution in [2.45, 2.75) is 58.0 Å². The Morgan fingerprint density at radius 3 is 2.27 bits per heavy atom. The van der Waals surface area contributed by atoms with Gasteiger partial charge in [-0.15, -0.1) is 13.2 Å². The maximum atomic E-state index is 14.4. The summed E-state index contributed by atoms with van der Waals surface area (Å²) < 4.78 is 73.8. The fraction of sp³-hybridized carbons (Fsp3) is 0.364. The Balaban J connectivity index is 1.71. The van der Waals surface area contributed by atoms with E-state index in [4.69, 9.17) is 21.2 Å². The molecule has 0 spiro atoms. The Kier molecular flexibility index (Phi) is 10.5. The van der Waals surface area contributed by atoms with Gasteiger partial charge < -0.3 is 24.5 Å². The van der Waals surface area contributed by atoms with Crippen LogP contribution in [0.1, 0.15) is 57.4 Å². The van der Waals surface area contributed by atoms with E-state index in [1.165, 1.54) is 44.1 Å². The molecule has 1 atom stereocenters. The lowest BCUT2D eigenvalue weighted by Gasteiger charge is -2.28. The number of hydrogen-bond acceptors (Lipinski definition) is 9. The normalized spacial score (nSPS) is 15.2. The Morgan fingerprint density at radius 2 is 1.67 bits per heavy atom. The standard InChI is InChI=1S/C33H36ClF3N4O7S/c1-19(39-48-32(4,5)30(43)40-49(7,44)45)21-14-23(16-25(15-21)46-6)38-28(20-8-10-22(34)11-9-20)29(42)41-18-31(2,3)26-13-12-24(17-27(26)41)47-33(35,36)37/h8-17,28,38H,18H2,1-7H3,(H,40,43). The van der Waals surface area contributed by atoms with Crippen LogP contribution in [0.4, 0.5) is 24.5 Å². The smallest absolute Gasteiger partial charge is 0.497 e. The minimum absolute atomic E-state index is 0.178. The third kappa shape index (κ3) is 9.35. The lowest BCUT2D eigenvalue weighted by molar-refractivity contribution is -0.274. The third-order valence-electron chi connectivity index (χ3n) is 7.60. The van der Waals surface area contributed by atoms with Crippen molar-refractivity contribution in [2.75, 3.05) is 30.1 Å². The van der Waals surface area contributed by atoms with Gasteiger partial charge in [0.2, 0.25) is 15.6 Å². The van der Waals surface area contributed by atoms with Gasteiger partial charge in [0.25, 0.3) is 11.8 Å². The number of sulfonamides is 1. The summed E-state index contributed by atoms with van der Waals surface area (Å²) in [5.41, 5.74) is 0.379. The van der Waals surface area contributed by atoms with Gasteiger partial charge in [-0.3, -0.25) is 9.59 Å². The van der Waals surface area contributed by atoms with Crippen molar-refractivity contribution in [3.05, 3.63) is 82.4 Å². The maximum absolute atomic E-state index is 14.4. The SMILES string of the molecule is COc1cc(NC(C(=O)N2CC(C)(C)c3ccc(OC(F)(F)F)cc32)c2ccc(Cl)cc2)cc(C(C)=NOC(C)(C)C(=O)NS(C)(=O)=O)c1. The molecule has 0 bridgehead atoms. The summed E-state index contributed by atoms with van der Waals surface area (Å²) in [6, 6.07) is 14.4. The number of hydrogen-bond donors (Lipinski definition) is 2. The van der Waals surface area contributed by atoms with E-state index in [2.05, 4.69) is 15.2 Å². The third-order valence-corrected chi connectivity index (χ3v) is 8.41. The molecule has 11 nitrogen and oxygen atoms in total. The summed E-state index contributed by atoms with van der Waals surface area (Å²) in [6.07, 6.45) is -4.08. The highest BCUT2D eigenvalue weighted by atomic mass is 35.5.